The molecular weight excluding hydrogens is 264 g/mol. The van der Waals surface area contributed by atoms with Gasteiger partial charge in [0.15, 0.2) is 11.6 Å². The molecule has 0 aliphatic heterocycles. The Morgan fingerprint density at radius 1 is 1.21 bits per heavy atom. The molecule has 2 rings (SSSR count). The van der Waals surface area contributed by atoms with Gasteiger partial charge in [0, 0.05) is 17.5 Å². The molecule has 1 unspecified atom stereocenters. The van der Waals surface area contributed by atoms with Gasteiger partial charge in [0.05, 0.1) is 0 Å². The smallest absolute Gasteiger partial charge is 0.159 e. The fourth-order valence-corrected chi connectivity index (χ4v) is 2.66. The highest BCUT2D eigenvalue weighted by atomic mass is 32.1. The summed E-state index contributed by atoms with van der Waals surface area (Å²) in [4.78, 5) is 3.48. The predicted octanol–water partition coefficient (Wildman–Crippen LogP) is 4.26. The molecule has 0 N–H and O–H groups in total. The molecule has 4 heteroatoms. The number of thiophene rings is 1. The molecule has 0 aliphatic carbocycles. The molecular formula is C15H17F2NS. The molecule has 0 saturated carbocycles. The monoisotopic (exact) mass is 281 g/mol. The summed E-state index contributed by atoms with van der Waals surface area (Å²) in [6.07, 6.45) is 0.974. The molecule has 0 saturated heterocycles. The van der Waals surface area contributed by atoms with Gasteiger partial charge >= 0.3 is 0 Å². The maximum absolute atomic E-state index is 13.2. The third-order valence-corrected chi connectivity index (χ3v) is 4.31. The molecule has 1 atom stereocenters. The molecule has 102 valence electrons. The minimum atomic E-state index is -0.794. The first-order chi connectivity index (χ1) is 9.08. The van der Waals surface area contributed by atoms with Crippen molar-refractivity contribution in [2.45, 2.75) is 19.4 Å². The summed E-state index contributed by atoms with van der Waals surface area (Å²) in [5.41, 5.74) is 0.799. The van der Waals surface area contributed by atoms with Crippen molar-refractivity contribution < 1.29 is 8.78 Å². The molecule has 1 aromatic carbocycles. The summed E-state index contributed by atoms with van der Waals surface area (Å²) < 4.78 is 26.1. The van der Waals surface area contributed by atoms with Gasteiger partial charge in [-0.25, -0.2) is 8.78 Å². The van der Waals surface area contributed by atoms with Crippen LogP contribution in [-0.4, -0.2) is 18.5 Å². The Kier molecular flexibility index (Phi) is 4.66. The second-order valence-electron chi connectivity index (χ2n) is 4.66. The van der Waals surface area contributed by atoms with Gasteiger partial charge in [-0.1, -0.05) is 12.1 Å². The number of rotatable bonds is 5. The van der Waals surface area contributed by atoms with E-state index in [-0.39, 0.29) is 6.04 Å². The van der Waals surface area contributed by atoms with Gasteiger partial charge in [-0.3, -0.25) is 4.90 Å². The summed E-state index contributed by atoms with van der Waals surface area (Å²) in [6, 6.07) is 8.33. The second-order valence-corrected chi connectivity index (χ2v) is 5.69. The van der Waals surface area contributed by atoms with Crippen molar-refractivity contribution >= 4 is 11.3 Å². The van der Waals surface area contributed by atoms with E-state index < -0.39 is 11.6 Å². The van der Waals surface area contributed by atoms with Crippen molar-refractivity contribution in [1.29, 1.82) is 0 Å². The number of benzene rings is 1. The Bertz CT molecular complexity index is 525. The molecule has 0 spiro atoms. The number of hydrogen-bond donors (Lipinski definition) is 0. The largest absolute Gasteiger partial charge is 0.299 e. The zero-order chi connectivity index (χ0) is 13.8. The lowest BCUT2D eigenvalue weighted by atomic mass is 10.1. The Labute approximate surface area is 116 Å². The van der Waals surface area contributed by atoms with E-state index in [9.17, 15) is 8.78 Å². The average molecular weight is 281 g/mol. The van der Waals surface area contributed by atoms with E-state index in [2.05, 4.69) is 16.3 Å². The molecule has 0 amide bonds. The molecule has 2 aromatic rings. The zero-order valence-electron chi connectivity index (χ0n) is 11.1. The van der Waals surface area contributed by atoms with Crippen LogP contribution in [0.25, 0.3) is 0 Å². The Morgan fingerprint density at radius 3 is 2.63 bits per heavy atom. The van der Waals surface area contributed by atoms with E-state index in [1.165, 1.54) is 17.0 Å². The van der Waals surface area contributed by atoms with Crippen LogP contribution in [0.2, 0.25) is 0 Å². The van der Waals surface area contributed by atoms with Crippen LogP contribution in [0.1, 0.15) is 23.4 Å². The highest BCUT2D eigenvalue weighted by Crippen LogP contribution is 2.21. The summed E-state index contributed by atoms with van der Waals surface area (Å²) in [5, 5.41) is 2.06. The van der Waals surface area contributed by atoms with Crippen LogP contribution >= 0.6 is 11.3 Å². The minimum Gasteiger partial charge on any atom is -0.299 e. The van der Waals surface area contributed by atoms with Crippen molar-refractivity contribution in [2.75, 3.05) is 13.6 Å². The first kappa shape index (κ1) is 14.2. The number of hydrogen-bond acceptors (Lipinski definition) is 2. The lowest BCUT2D eigenvalue weighted by Crippen LogP contribution is -2.24. The molecule has 1 nitrogen and oxygen atoms in total. The van der Waals surface area contributed by atoms with Crippen LogP contribution in [0.3, 0.4) is 0 Å². The normalized spacial score (nSPS) is 12.9. The van der Waals surface area contributed by atoms with Crippen molar-refractivity contribution in [3.05, 3.63) is 57.8 Å². The maximum Gasteiger partial charge on any atom is 0.159 e. The number of nitrogens with zero attached hydrogens (tertiary/aromatic N) is 1. The third kappa shape index (κ3) is 3.61. The molecule has 0 aliphatic rings. The zero-order valence-corrected chi connectivity index (χ0v) is 11.9. The summed E-state index contributed by atoms with van der Waals surface area (Å²) in [6.45, 7) is 2.89. The lowest BCUT2D eigenvalue weighted by Gasteiger charge is -2.25. The lowest BCUT2D eigenvalue weighted by molar-refractivity contribution is 0.264. The van der Waals surface area contributed by atoms with Gasteiger partial charge in [-0.2, -0.15) is 0 Å². The van der Waals surface area contributed by atoms with E-state index in [0.29, 0.717) is 0 Å². The quantitative estimate of drug-likeness (QED) is 0.791. The molecule has 0 bridgehead atoms. The van der Waals surface area contributed by atoms with Gasteiger partial charge < -0.3 is 0 Å². The van der Waals surface area contributed by atoms with Crippen LogP contribution < -0.4 is 0 Å². The average Bonchev–Trinajstić information content (AvgIpc) is 2.91. The SMILES string of the molecule is CC(c1ccc(F)c(F)c1)N(C)CCc1cccs1. The predicted molar refractivity (Wildman–Crippen MR) is 75.4 cm³/mol. The fraction of sp³-hybridized carbons (Fsp3) is 0.333. The van der Waals surface area contributed by atoms with Crippen LogP contribution in [0.4, 0.5) is 8.78 Å². The Hall–Kier alpha value is -1.26. The van der Waals surface area contributed by atoms with Gasteiger partial charge in [0.1, 0.15) is 0 Å². The molecule has 0 radical (unpaired) electrons. The van der Waals surface area contributed by atoms with Crippen molar-refractivity contribution in [1.82, 2.24) is 4.90 Å². The molecule has 1 heterocycles. The minimum absolute atomic E-state index is 0.0649. The van der Waals surface area contributed by atoms with E-state index in [1.54, 1.807) is 17.4 Å². The Balaban J connectivity index is 1.97. The topological polar surface area (TPSA) is 3.24 Å². The van der Waals surface area contributed by atoms with Gasteiger partial charge in [-0.15, -0.1) is 11.3 Å². The fourth-order valence-electron chi connectivity index (χ4n) is 1.96. The number of likely N-dealkylation sites (N-methyl/N-ethyl adjacent to an activating group) is 1. The van der Waals surface area contributed by atoms with E-state index in [0.717, 1.165) is 18.5 Å². The van der Waals surface area contributed by atoms with Gasteiger partial charge in [0.2, 0.25) is 0 Å². The van der Waals surface area contributed by atoms with E-state index >= 15 is 0 Å². The second kappa shape index (κ2) is 6.26. The highest BCUT2D eigenvalue weighted by Gasteiger charge is 2.13. The van der Waals surface area contributed by atoms with Gasteiger partial charge in [0.25, 0.3) is 0 Å². The van der Waals surface area contributed by atoms with Crippen LogP contribution in [-0.2, 0) is 6.42 Å². The van der Waals surface area contributed by atoms with Crippen molar-refractivity contribution in [3.8, 4) is 0 Å². The first-order valence-corrected chi connectivity index (χ1v) is 7.13. The summed E-state index contributed by atoms with van der Waals surface area (Å²) in [7, 11) is 2.00. The van der Waals surface area contributed by atoms with Crippen LogP contribution in [0.5, 0.6) is 0 Å². The molecule has 0 fully saturated rings. The molecule has 1 aromatic heterocycles. The van der Waals surface area contributed by atoms with E-state index in [4.69, 9.17) is 0 Å². The Morgan fingerprint density at radius 2 is 2.00 bits per heavy atom. The van der Waals surface area contributed by atoms with Crippen molar-refractivity contribution in [3.63, 3.8) is 0 Å². The highest BCUT2D eigenvalue weighted by molar-refractivity contribution is 7.09. The molecule has 19 heavy (non-hydrogen) atoms. The van der Waals surface area contributed by atoms with Crippen LogP contribution in [0, 0.1) is 11.6 Å². The van der Waals surface area contributed by atoms with Gasteiger partial charge in [-0.05, 0) is 49.5 Å². The maximum atomic E-state index is 13.2. The summed E-state index contributed by atoms with van der Waals surface area (Å²) >= 11 is 1.74. The first-order valence-electron chi connectivity index (χ1n) is 6.25. The number of halogens is 2. The van der Waals surface area contributed by atoms with Crippen molar-refractivity contribution in [2.24, 2.45) is 0 Å². The van der Waals surface area contributed by atoms with E-state index in [1.807, 2.05) is 20.0 Å². The third-order valence-electron chi connectivity index (χ3n) is 3.38. The standard InChI is InChI=1S/C15H17F2NS/c1-11(12-5-6-14(16)15(17)10-12)18(2)8-7-13-4-3-9-19-13/h3-6,9-11H,7-8H2,1-2H3. The summed E-state index contributed by atoms with van der Waals surface area (Å²) in [5.74, 6) is -1.58. The van der Waals surface area contributed by atoms with Crippen LogP contribution in [0.15, 0.2) is 35.7 Å².